The molecule has 0 radical (unpaired) electrons. The van der Waals surface area contributed by atoms with Crippen LogP contribution in [0.5, 0.6) is 0 Å². The highest BCUT2D eigenvalue weighted by Crippen LogP contribution is 2.21. The van der Waals surface area contributed by atoms with Crippen molar-refractivity contribution in [3.63, 3.8) is 0 Å². The minimum Gasteiger partial charge on any atom is -0.314 e. The zero-order valence-corrected chi connectivity index (χ0v) is 10.7. The van der Waals surface area contributed by atoms with Crippen LogP contribution in [0.25, 0.3) is 16.8 Å². The van der Waals surface area contributed by atoms with Crippen LogP contribution in [0.4, 0.5) is 0 Å². The predicted octanol–water partition coefficient (Wildman–Crippen LogP) is 3.85. The number of hydrogen-bond acceptors (Lipinski definition) is 1. The van der Waals surface area contributed by atoms with E-state index in [0.717, 1.165) is 0 Å². The number of nitrogens with one attached hydrogen (secondary N) is 1. The van der Waals surface area contributed by atoms with E-state index < -0.39 is 0 Å². The van der Waals surface area contributed by atoms with Crippen molar-refractivity contribution in [3.8, 4) is 0 Å². The summed E-state index contributed by atoms with van der Waals surface area (Å²) in [5.41, 5.74) is 2.64. The van der Waals surface area contributed by atoms with Gasteiger partial charge in [-0.2, -0.15) is 0 Å². The van der Waals surface area contributed by atoms with Crippen molar-refractivity contribution in [2.24, 2.45) is 0 Å². The molecular weight excluding hydrogens is 206 g/mol. The van der Waals surface area contributed by atoms with Gasteiger partial charge in [0.2, 0.25) is 0 Å². The van der Waals surface area contributed by atoms with Crippen molar-refractivity contribution in [2.75, 3.05) is 7.05 Å². The highest BCUT2D eigenvalue weighted by Gasteiger charge is 2.02. The number of rotatable bonds is 3. The van der Waals surface area contributed by atoms with Crippen LogP contribution >= 0.6 is 0 Å². The fraction of sp³-hybridized carbons (Fsp3) is 0.250. The molecular formula is C16H19N. The van der Waals surface area contributed by atoms with Gasteiger partial charge in [-0.15, -0.1) is 0 Å². The maximum atomic E-state index is 3.26. The van der Waals surface area contributed by atoms with Crippen LogP contribution in [0.15, 0.2) is 48.0 Å². The molecule has 0 heterocycles. The van der Waals surface area contributed by atoms with Gasteiger partial charge in [-0.3, -0.25) is 0 Å². The first-order chi connectivity index (χ1) is 8.22. The highest BCUT2D eigenvalue weighted by atomic mass is 14.8. The minimum atomic E-state index is 0.411. The summed E-state index contributed by atoms with van der Waals surface area (Å²) in [5, 5.41) is 5.88. The summed E-state index contributed by atoms with van der Waals surface area (Å²) in [6.07, 6.45) is 2.27. The molecule has 0 aliphatic rings. The van der Waals surface area contributed by atoms with Gasteiger partial charge in [0.05, 0.1) is 0 Å². The molecule has 1 nitrogen and oxygen atoms in total. The van der Waals surface area contributed by atoms with Crippen LogP contribution in [0.2, 0.25) is 0 Å². The van der Waals surface area contributed by atoms with E-state index in [1.807, 2.05) is 7.05 Å². The molecule has 17 heavy (non-hydrogen) atoms. The zero-order chi connectivity index (χ0) is 12.3. The largest absolute Gasteiger partial charge is 0.314 e. The van der Waals surface area contributed by atoms with Gasteiger partial charge in [0, 0.05) is 6.04 Å². The lowest BCUT2D eigenvalue weighted by Crippen LogP contribution is -2.21. The van der Waals surface area contributed by atoms with Crippen molar-refractivity contribution >= 4 is 16.8 Å². The molecule has 0 bridgehead atoms. The molecule has 1 unspecified atom stereocenters. The third kappa shape index (κ3) is 2.56. The van der Waals surface area contributed by atoms with Gasteiger partial charge in [0.1, 0.15) is 0 Å². The summed E-state index contributed by atoms with van der Waals surface area (Å²) >= 11 is 0. The lowest BCUT2D eigenvalue weighted by molar-refractivity contribution is 0.696. The van der Waals surface area contributed by atoms with Crippen molar-refractivity contribution in [1.82, 2.24) is 5.32 Å². The first kappa shape index (κ1) is 11.9. The molecule has 1 atom stereocenters. The second-order valence-corrected chi connectivity index (χ2v) is 4.47. The molecule has 2 aromatic carbocycles. The van der Waals surface area contributed by atoms with E-state index in [1.165, 1.54) is 21.9 Å². The van der Waals surface area contributed by atoms with Crippen LogP contribution in [-0.4, -0.2) is 13.1 Å². The lowest BCUT2D eigenvalue weighted by Gasteiger charge is -2.11. The smallest absolute Gasteiger partial charge is 0.0248 e. The average molecular weight is 225 g/mol. The van der Waals surface area contributed by atoms with E-state index in [-0.39, 0.29) is 0 Å². The van der Waals surface area contributed by atoms with E-state index in [1.54, 1.807) is 0 Å². The first-order valence-corrected chi connectivity index (χ1v) is 6.05. The monoisotopic (exact) mass is 225 g/mol. The van der Waals surface area contributed by atoms with Crippen LogP contribution in [-0.2, 0) is 0 Å². The van der Waals surface area contributed by atoms with Gasteiger partial charge in [0.15, 0.2) is 0 Å². The maximum absolute atomic E-state index is 3.26. The van der Waals surface area contributed by atoms with E-state index >= 15 is 0 Å². The lowest BCUT2D eigenvalue weighted by atomic mass is 10.0. The average Bonchev–Trinajstić information content (AvgIpc) is 2.38. The molecule has 0 saturated heterocycles. The van der Waals surface area contributed by atoms with Crippen LogP contribution in [0, 0.1) is 0 Å². The molecule has 2 aromatic rings. The molecule has 0 saturated carbocycles. The van der Waals surface area contributed by atoms with Gasteiger partial charge in [-0.05, 0) is 37.2 Å². The van der Waals surface area contributed by atoms with Crippen LogP contribution in [0.1, 0.15) is 19.4 Å². The van der Waals surface area contributed by atoms with Gasteiger partial charge in [-0.1, -0.05) is 54.1 Å². The molecule has 0 aromatic heterocycles. The summed E-state index contributed by atoms with van der Waals surface area (Å²) in [6.45, 7) is 4.35. The molecule has 0 spiro atoms. The van der Waals surface area contributed by atoms with Gasteiger partial charge >= 0.3 is 0 Å². The Balaban J connectivity index is 2.49. The second kappa shape index (κ2) is 5.15. The van der Waals surface area contributed by atoms with Gasteiger partial charge < -0.3 is 5.32 Å². The van der Waals surface area contributed by atoms with Gasteiger partial charge in [0.25, 0.3) is 0 Å². The van der Waals surface area contributed by atoms with Crippen LogP contribution < -0.4 is 5.32 Å². The summed E-state index contributed by atoms with van der Waals surface area (Å²) in [4.78, 5) is 0. The predicted molar refractivity (Wildman–Crippen MR) is 76.1 cm³/mol. The fourth-order valence-electron chi connectivity index (χ4n) is 1.97. The molecule has 1 N–H and O–H groups in total. The normalized spacial score (nSPS) is 13.9. The molecule has 0 aliphatic carbocycles. The first-order valence-electron chi connectivity index (χ1n) is 6.05. The second-order valence-electron chi connectivity index (χ2n) is 4.47. The highest BCUT2D eigenvalue weighted by molar-refractivity contribution is 5.90. The topological polar surface area (TPSA) is 12.0 Å². The van der Waals surface area contributed by atoms with E-state index in [2.05, 4.69) is 67.7 Å². The molecule has 0 fully saturated rings. The van der Waals surface area contributed by atoms with E-state index in [4.69, 9.17) is 0 Å². The molecule has 1 heteroatoms. The fourth-order valence-corrected chi connectivity index (χ4v) is 1.97. The number of fused-ring (bicyclic) bond motifs is 1. The van der Waals surface area contributed by atoms with Gasteiger partial charge in [-0.25, -0.2) is 0 Å². The number of hydrogen-bond donors (Lipinski definition) is 1. The Hall–Kier alpha value is -1.60. The Labute approximate surface area is 103 Å². The van der Waals surface area contributed by atoms with Crippen molar-refractivity contribution in [1.29, 1.82) is 0 Å². The summed E-state index contributed by atoms with van der Waals surface area (Å²) in [6, 6.07) is 15.4. The summed E-state index contributed by atoms with van der Waals surface area (Å²) in [7, 11) is 1.99. The van der Waals surface area contributed by atoms with E-state index in [0.29, 0.717) is 6.04 Å². The Bertz CT molecular complexity index is 535. The third-order valence-corrected chi connectivity index (χ3v) is 3.32. The SMILES string of the molecule is CNC(C)/C(C)=C/c1cccc2ccccc12. The summed E-state index contributed by atoms with van der Waals surface area (Å²) < 4.78 is 0. The Kier molecular flexibility index (Phi) is 3.60. The Morgan fingerprint density at radius 1 is 1.12 bits per heavy atom. The quantitative estimate of drug-likeness (QED) is 0.836. The molecule has 88 valence electrons. The minimum absolute atomic E-state index is 0.411. The zero-order valence-electron chi connectivity index (χ0n) is 10.7. The molecule has 0 aliphatic heterocycles. The number of benzene rings is 2. The maximum Gasteiger partial charge on any atom is 0.0248 e. The Morgan fingerprint density at radius 3 is 2.59 bits per heavy atom. The standard InChI is InChI=1S/C16H19N/c1-12(13(2)17-3)11-15-9-6-8-14-7-4-5-10-16(14)15/h4-11,13,17H,1-3H3/b12-11+. The summed E-state index contributed by atoms with van der Waals surface area (Å²) in [5.74, 6) is 0. The van der Waals surface area contributed by atoms with Crippen LogP contribution in [0.3, 0.4) is 0 Å². The van der Waals surface area contributed by atoms with Crippen molar-refractivity contribution in [2.45, 2.75) is 19.9 Å². The Morgan fingerprint density at radius 2 is 1.82 bits per heavy atom. The number of likely N-dealkylation sites (N-methyl/N-ethyl adjacent to an activating group) is 1. The third-order valence-electron chi connectivity index (χ3n) is 3.32. The van der Waals surface area contributed by atoms with Crippen molar-refractivity contribution < 1.29 is 0 Å². The van der Waals surface area contributed by atoms with Crippen molar-refractivity contribution in [3.05, 3.63) is 53.6 Å². The molecule has 0 amide bonds. The molecule has 2 rings (SSSR count). The van der Waals surface area contributed by atoms with E-state index in [9.17, 15) is 0 Å².